The number of nitrogens with one attached hydrogen (secondary N) is 1. The van der Waals surface area contributed by atoms with Gasteiger partial charge in [0.2, 0.25) is 0 Å². The molecule has 0 aliphatic rings. The van der Waals surface area contributed by atoms with Gasteiger partial charge in [-0.05, 0) is 12.1 Å². The van der Waals surface area contributed by atoms with E-state index in [4.69, 9.17) is 10.2 Å². The largest absolute Gasteiger partial charge is 0.477 e. The Balaban J connectivity index is 2.79. The maximum Gasteiger partial charge on any atom is 0.344 e. The Morgan fingerprint density at radius 3 is 2.47 bits per heavy atom. The molecule has 0 atom stereocenters. The summed E-state index contributed by atoms with van der Waals surface area (Å²) in [5.41, 5.74) is -0.777. The molecule has 0 aliphatic carbocycles. The Morgan fingerprint density at radius 1 is 1.33 bits per heavy atom. The first-order chi connectivity index (χ1) is 7.11. The molecule has 0 aromatic carbocycles. The minimum Gasteiger partial charge on any atom is -0.477 e. The number of hydrogen-bond acceptors (Lipinski definition) is 5. The van der Waals surface area contributed by atoms with Crippen molar-refractivity contribution in [2.75, 3.05) is 5.32 Å². The lowest BCUT2D eigenvalue weighted by Crippen LogP contribution is -2.13. The normalized spacial score (nSPS) is 9.07. The van der Waals surface area contributed by atoms with Gasteiger partial charge in [-0.15, -0.1) is 5.10 Å². The van der Waals surface area contributed by atoms with Crippen LogP contribution in [-0.4, -0.2) is 32.3 Å². The van der Waals surface area contributed by atoms with Crippen LogP contribution in [0.5, 0.6) is 0 Å². The first-order valence-electron chi connectivity index (χ1n) is 3.82. The molecule has 3 N–H and O–H groups in total. The van der Waals surface area contributed by atoms with E-state index in [9.17, 15) is 9.59 Å². The summed E-state index contributed by atoms with van der Waals surface area (Å²) in [6.07, 6.45) is 2.28. The molecule has 1 rings (SSSR count). The first-order valence-corrected chi connectivity index (χ1v) is 3.82. The smallest absolute Gasteiger partial charge is 0.344 e. The second-order valence-corrected chi connectivity index (χ2v) is 2.42. The van der Waals surface area contributed by atoms with E-state index in [0.717, 1.165) is 6.20 Å². The van der Waals surface area contributed by atoms with E-state index < -0.39 is 17.5 Å². The Labute approximate surface area is 84.1 Å². The van der Waals surface area contributed by atoms with E-state index in [-0.39, 0.29) is 5.82 Å². The van der Waals surface area contributed by atoms with Gasteiger partial charge in [-0.1, -0.05) is 0 Å². The summed E-state index contributed by atoms with van der Waals surface area (Å²) < 4.78 is 0. The molecule has 0 amide bonds. The number of carboxylic acids is 2. The number of anilines is 1. The number of carboxylic acid groups (broad SMARTS) is 2. The first kappa shape index (κ1) is 10.6. The van der Waals surface area contributed by atoms with Gasteiger partial charge < -0.3 is 15.5 Å². The molecule has 1 aromatic rings. The fourth-order valence-electron chi connectivity index (χ4n) is 0.740. The fourth-order valence-corrected chi connectivity index (χ4v) is 0.740. The summed E-state index contributed by atoms with van der Waals surface area (Å²) >= 11 is 0. The molecule has 0 spiro atoms. The van der Waals surface area contributed by atoms with Crippen LogP contribution < -0.4 is 5.32 Å². The Bertz CT molecular complexity index is 386. The van der Waals surface area contributed by atoms with E-state index in [1.165, 1.54) is 12.3 Å². The summed E-state index contributed by atoms with van der Waals surface area (Å²) in [6, 6.07) is 3.09. The Morgan fingerprint density at radius 2 is 2.00 bits per heavy atom. The molecule has 0 bridgehead atoms. The molecule has 0 saturated heterocycles. The van der Waals surface area contributed by atoms with E-state index in [2.05, 4.69) is 15.5 Å². The van der Waals surface area contributed by atoms with E-state index in [1.807, 2.05) is 0 Å². The minimum atomic E-state index is -1.53. The van der Waals surface area contributed by atoms with Crippen LogP contribution in [0.3, 0.4) is 0 Å². The molecule has 1 aromatic heterocycles. The van der Waals surface area contributed by atoms with Crippen molar-refractivity contribution >= 4 is 17.8 Å². The van der Waals surface area contributed by atoms with E-state index >= 15 is 0 Å². The quantitative estimate of drug-likeness (QED) is 0.361. The van der Waals surface area contributed by atoms with Crippen molar-refractivity contribution in [1.29, 1.82) is 0 Å². The highest BCUT2D eigenvalue weighted by Gasteiger charge is 2.15. The lowest BCUT2D eigenvalue weighted by molar-refractivity contribution is -0.140. The molecule has 0 radical (unpaired) electrons. The molecular formula is C8H7N3O4. The molecule has 7 nitrogen and oxygen atoms in total. The summed E-state index contributed by atoms with van der Waals surface area (Å²) in [6.45, 7) is 0. The van der Waals surface area contributed by atoms with Crippen LogP contribution in [0, 0.1) is 0 Å². The second kappa shape index (κ2) is 4.70. The average Bonchev–Trinajstić information content (AvgIpc) is 2.18. The predicted octanol–water partition coefficient (Wildman–Crippen LogP) is -0.0584. The number of nitrogens with zero attached hydrogens (tertiary/aromatic N) is 2. The SMILES string of the molecule is O=C(O)C(=CNc1cccnn1)C(=O)O. The zero-order valence-corrected chi connectivity index (χ0v) is 7.41. The molecule has 7 heteroatoms. The third-order valence-electron chi connectivity index (χ3n) is 1.40. The summed E-state index contributed by atoms with van der Waals surface area (Å²) in [5, 5.41) is 26.5. The molecule has 0 saturated carbocycles. The van der Waals surface area contributed by atoms with Gasteiger partial charge in [-0.3, -0.25) is 0 Å². The number of aromatic nitrogens is 2. The van der Waals surface area contributed by atoms with Crippen LogP contribution in [0.15, 0.2) is 30.1 Å². The van der Waals surface area contributed by atoms with Crippen molar-refractivity contribution < 1.29 is 19.8 Å². The van der Waals surface area contributed by atoms with Gasteiger partial charge in [0.1, 0.15) is 0 Å². The van der Waals surface area contributed by atoms with Gasteiger partial charge in [-0.25, -0.2) is 9.59 Å². The van der Waals surface area contributed by atoms with Crippen molar-refractivity contribution in [1.82, 2.24) is 10.2 Å². The molecule has 0 unspecified atom stereocenters. The predicted molar refractivity (Wildman–Crippen MR) is 49.0 cm³/mol. The van der Waals surface area contributed by atoms with Crippen LogP contribution in [-0.2, 0) is 9.59 Å². The van der Waals surface area contributed by atoms with Gasteiger partial charge in [0, 0.05) is 12.4 Å². The van der Waals surface area contributed by atoms with Crippen molar-refractivity contribution in [3.05, 3.63) is 30.1 Å². The molecule has 0 aliphatic heterocycles. The highest BCUT2D eigenvalue weighted by atomic mass is 16.4. The van der Waals surface area contributed by atoms with Crippen molar-refractivity contribution in [3.63, 3.8) is 0 Å². The monoisotopic (exact) mass is 209 g/mol. The third-order valence-corrected chi connectivity index (χ3v) is 1.40. The van der Waals surface area contributed by atoms with Crippen LogP contribution >= 0.6 is 0 Å². The van der Waals surface area contributed by atoms with Gasteiger partial charge in [0.25, 0.3) is 0 Å². The lowest BCUT2D eigenvalue weighted by atomic mass is 10.3. The Kier molecular flexibility index (Phi) is 3.33. The van der Waals surface area contributed by atoms with Gasteiger partial charge in [0.15, 0.2) is 11.4 Å². The van der Waals surface area contributed by atoms with Crippen LogP contribution in [0.1, 0.15) is 0 Å². The van der Waals surface area contributed by atoms with Gasteiger partial charge >= 0.3 is 11.9 Å². The van der Waals surface area contributed by atoms with Gasteiger partial charge in [0.05, 0.1) is 0 Å². The minimum absolute atomic E-state index is 0.262. The zero-order chi connectivity index (χ0) is 11.3. The number of rotatable bonds is 4. The van der Waals surface area contributed by atoms with Crippen LogP contribution in [0.2, 0.25) is 0 Å². The maximum atomic E-state index is 10.4. The number of aliphatic carboxylic acids is 2. The zero-order valence-electron chi connectivity index (χ0n) is 7.41. The number of carbonyl (C=O) groups is 2. The summed E-state index contributed by atoms with van der Waals surface area (Å²) in [7, 11) is 0. The summed E-state index contributed by atoms with van der Waals surface area (Å²) in [4.78, 5) is 20.9. The summed E-state index contributed by atoms with van der Waals surface area (Å²) in [5.74, 6) is -2.80. The maximum absolute atomic E-state index is 10.4. The van der Waals surface area contributed by atoms with Crippen LogP contribution in [0.25, 0.3) is 0 Å². The fraction of sp³-hybridized carbons (Fsp3) is 0. The van der Waals surface area contributed by atoms with Crippen LogP contribution in [0.4, 0.5) is 5.82 Å². The van der Waals surface area contributed by atoms with Crippen molar-refractivity contribution in [2.24, 2.45) is 0 Å². The molecule has 15 heavy (non-hydrogen) atoms. The second-order valence-electron chi connectivity index (χ2n) is 2.42. The third kappa shape index (κ3) is 3.07. The average molecular weight is 209 g/mol. The molecule has 1 heterocycles. The van der Waals surface area contributed by atoms with Crippen molar-refractivity contribution in [2.45, 2.75) is 0 Å². The standard InChI is InChI=1S/C8H7N3O4/c12-7(13)5(8(14)15)4-9-6-2-1-3-10-11-6/h1-4H,(H,9,11)(H,12,13)(H,14,15). The highest BCUT2D eigenvalue weighted by Crippen LogP contribution is 2.00. The number of hydrogen-bond donors (Lipinski definition) is 3. The molecule has 78 valence electrons. The Hall–Kier alpha value is -2.44. The molecule has 0 fully saturated rings. The van der Waals surface area contributed by atoms with Crippen molar-refractivity contribution in [3.8, 4) is 0 Å². The van der Waals surface area contributed by atoms with E-state index in [0.29, 0.717) is 0 Å². The topological polar surface area (TPSA) is 112 Å². The molecular weight excluding hydrogens is 202 g/mol. The van der Waals surface area contributed by atoms with Gasteiger partial charge in [-0.2, -0.15) is 5.10 Å². The lowest BCUT2D eigenvalue weighted by Gasteiger charge is -1.98. The van der Waals surface area contributed by atoms with E-state index in [1.54, 1.807) is 6.07 Å². The highest BCUT2D eigenvalue weighted by molar-refractivity contribution is 6.12.